The van der Waals surface area contributed by atoms with Crippen LogP contribution in [-0.2, 0) is 4.79 Å². The summed E-state index contributed by atoms with van der Waals surface area (Å²) in [5, 5.41) is 8.52. The van der Waals surface area contributed by atoms with Gasteiger partial charge in [-0.1, -0.05) is 38.2 Å². The van der Waals surface area contributed by atoms with Crippen LogP contribution in [0.25, 0.3) is 0 Å². The van der Waals surface area contributed by atoms with Gasteiger partial charge in [0.2, 0.25) is 0 Å². The van der Waals surface area contributed by atoms with E-state index < -0.39 is 5.97 Å². The van der Waals surface area contributed by atoms with Crippen molar-refractivity contribution in [3.05, 3.63) is 36.0 Å². The minimum Gasteiger partial charge on any atom is -0.478 e. The highest BCUT2D eigenvalue weighted by atomic mass is 16.4. The van der Waals surface area contributed by atoms with Crippen LogP contribution in [0.4, 0.5) is 0 Å². The summed E-state index contributed by atoms with van der Waals surface area (Å²) in [6, 6.07) is 0. The Bertz CT molecular complexity index is 218. The molecule has 0 atom stereocenters. The van der Waals surface area contributed by atoms with Gasteiger partial charge in [-0.05, 0) is 19.9 Å². The molecule has 13 heavy (non-hydrogen) atoms. The Kier molecular flexibility index (Phi) is 9.61. The number of rotatable bonds is 3. The largest absolute Gasteiger partial charge is 0.478 e. The van der Waals surface area contributed by atoms with Gasteiger partial charge in [-0.3, -0.25) is 0 Å². The molecule has 74 valence electrons. The van der Waals surface area contributed by atoms with E-state index in [0.717, 1.165) is 5.57 Å². The molecule has 0 radical (unpaired) electrons. The van der Waals surface area contributed by atoms with E-state index in [2.05, 4.69) is 6.58 Å². The van der Waals surface area contributed by atoms with Crippen LogP contribution < -0.4 is 0 Å². The second-order valence-electron chi connectivity index (χ2n) is 2.38. The molecule has 0 aliphatic heterocycles. The summed E-state index contributed by atoms with van der Waals surface area (Å²) in [5.74, 6) is -0.947. The Labute approximate surface area is 80.3 Å². The molecule has 0 saturated heterocycles. The number of carboxylic acids is 1. The summed E-state index contributed by atoms with van der Waals surface area (Å²) in [7, 11) is 0. The molecule has 2 heteroatoms. The van der Waals surface area contributed by atoms with Gasteiger partial charge in [0.25, 0.3) is 0 Å². The quantitative estimate of drug-likeness (QED) is 0.537. The lowest BCUT2D eigenvalue weighted by Gasteiger charge is -1.90. The molecular weight excluding hydrogens is 164 g/mol. The second-order valence-corrected chi connectivity index (χ2v) is 2.38. The van der Waals surface area contributed by atoms with Crippen molar-refractivity contribution in [2.75, 3.05) is 0 Å². The highest BCUT2D eigenvalue weighted by Gasteiger charge is 1.98. The zero-order valence-corrected chi connectivity index (χ0v) is 8.79. The molecule has 0 saturated carbocycles. The molecular formula is C11H18O2. The first kappa shape index (κ1) is 14.2. The average molecular weight is 182 g/mol. The van der Waals surface area contributed by atoms with E-state index in [1.54, 1.807) is 6.08 Å². The molecule has 0 unspecified atom stereocenters. The molecule has 0 aromatic carbocycles. The van der Waals surface area contributed by atoms with E-state index in [1.165, 1.54) is 12.2 Å². The molecule has 0 bridgehead atoms. The molecule has 1 N–H and O–H groups in total. The maximum Gasteiger partial charge on any atom is 0.335 e. The number of aliphatic carboxylic acids is 1. The fourth-order valence-electron chi connectivity index (χ4n) is 0.483. The number of allylic oxidation sites excluding steroid dienone is 3. The Balaban J connectivity index is 0. The molecule has 0 fully saturated rings. The van der Waals surface area contributed by atoms with E-state index in [0.29, 0.717) is 0 Å². The van der Waals surface area contributed by atoms with Crippen LogP contribution in [0.5, 0.6) is 0 Å². The fraction of sp³-hybridized carbons (Fsp3) is 0.364. The van der Waals surface area contributed by atoms with Gasteiger partial charge in [-0.2, -0.15) is 0 Å². The van der Waals surface area contributed by atoms with Crippen LogP contribution in [0.1, 0.15) is 27.7 Å². The van der Waals surface area contributed by atoms with Crippen molar-refractivity contribution in [3.8, 4) is 0 Å². The van der Waals surface area contributed by atoms with Crippen LogP contribution in [-0.4, -0.2) is 11.1 Å². The lowest BCUT2D eigenvalue weighted by Crippen LogP contribution is -1.96. The fourth-order valence-corrected chi connectivity index (χ4v) is 0.483. The van der Waals surface area contributed by atoms with Crippen molar-refractivity contribution in [3.63, 3.8) is 0 Å². The zero-order chi connectivity index (χ0) is 10.9. The van der Waals surface area contributed by atoms with Crippen LogP contribution >= 0.6 is 0 Å². The Morgan fingerprint density at radius 3 is 1.92 bits per heavy atom. The number of hydrogen-bond acceptors (Lipinski definition) is 1. The van der Waals surface area contributed by atoms with E-state index in [-0.39, 0.29) is 5.57 Å². The van der Waals surface area contributed by atoms with Crippen LogP contribution in [0.3, 0.4) is 0 Å². The molecule has 0 heterocycles. The molecule has 0 spiro atoms. The highest BCUT2D eigenvalue weighted by molar-refractivity contribution is 5.89. The molecule has 0 aromatic rings. The van der Waals surface area contributed by atoms with Gasteiger partial charge in [0.05, 0.1) is 5.57 Å². The standard InChI is InChI=1S/C9H12O2.C2H6/c1-4-8(9(10)11)6-5-7(2)3;1-2/h4-6H,1H2,2-3H3,(H,10,11);1-2H3/b8-6+;. The lowest BCUT2D eigenvalue weighted by atomic mass is 10.2. The first-order chi connectivity index (χ1) is 6.07. The van der Waals surface area contributed by atoms with E-state index in [1.807, 2.05) is 27.7 Å². The molecule has 0 amide bonds. The molecule has 2 nitrogen and oxygen atoms in total. The predicted molar refractivity (Wildman–Crippen MR) is 56.7 cm³/mol. The monoisotopic (exact) mass is 182 g/mol. The van der Waals surface area contributed by atoms with Crippen LogP contribution in [0.15, 0.2) is 36.0 Å². The van der Waals surface area contributed by atoms with Gasteiger partial charge in [0, 0.05) is 0 Å². The van der Waals surface area contributed by atoms with Gasteiger partial charge in [-0.15, -0.1) is 0 Å². The third-order valence-electron chi connectivity index (χ3n) is 1.06. The van der Waals surface area contributed by atoms with Gasteiger partial charge in [-0.25, -0.2) is 4.79 Å². The Hall–Kier alpha value is -1.31. The molecule has 0 aliphatic carbocycles. The summed E-state index contributed by atoms with van der Waals surface area (Å²) in [4.78, 5) is 10.4. The second kappa shape index (κ2) is 8.78. The number of carboxylic acid groups (broad SMARTS) is 1. The van der Waals surface area contributed by atoms with Gasteiger partial charge in [0.1, 0.15) is 0 Å². The smallest absolute Gasteiger partial charge is 0.335 e. The molecule has 0 aromatic heterocycles. The summed E-state index contributed by atoms with van der Waals surface area (Å²) in [6.45, 7) is 11.2. The SMILES string of the molecule is C=C/C(=C\C=C(C)C)C(=O)O.CC. The zero-order valence-electron chi connectivity index (χ0n) is 8.79. The van der Waals surface area contributed by atoms with Crippen molar-refractivity contribution in [1.82, 2.24) is 0 Å². The highest BCUT2D eigenvalue weighted by Crippen LogP contribution is 1.98. The molecule has 0 rings (SSSR count). The van der Waals surface area contributed by atoms with Crippen molar-refractivity contribution >= 4 is 5.97 Å². The van der Waals surface area contributed by atoms with Gasteiger partial charge < -0.3 is 5.11 Å². The van der Waals surface area contributed by atoms with E-state index in [9.17, 15) is 4.79 Å². The van der Waals surface area contributed by atoms with Gasteiger partial charge in [0.15, 0.2) is 0 Å². The molecule has 0 aliphatic rings. The maximum atomic E-state index is 10.4. The van der Waals surface area contributed by atoms with E-state index in [4.69, 9.17) is 5.11 Å². The normalized spacial score (nSPS) is 9.38. The summed E-state index contributed by atoms with van der Waals surface area (Å²) in [5.41, 5.74) is 1.27. The van der Waals surface area contributed by atoms with Crippen LogP contribution in [0.2, 0.25) is 0 Å². The summed E-state index contributed by atoms with van der Waals surface area (Å²) >= 11 is 0. The predicted octanol–water partition coefficient (Wildman–Crippen LogP) is 3.18. The summed E-state index contributed by atoms with van der Waals surface area (Å²) < 4.78 is 0. The summed E-state index contributed by atoms with van der Waals surface area (Å²) in [6.07, 6.45) is 4.59. The lowest BCUT2D eigenvalue weighted by molar-refractivity contribution is -0.132. The first-order valence-corrected chi connectivity index (χ1v) is 4.29. The van der Waals surface area contributed by atoms with E-state index >= 15 is 0 Å². The average Bonchev–Trinajstić information content (AvgIpc) is 2.08. The number of carbonyl (C=O) groups is 1. The van der Waals surface area contributed by atoms with Crippen molar-refractivity contribution in [2.45, 2.75) is 27.7 Å². The first-order valence-electron chi connectivity index (χ1n) is 4.29. The van der Waals surface area contributed by atoms with Crippen LogP contribution in [0, 0.1) is 0 Å². The Morgan fingerprint density at radius 2 is 1.69 bits per heavy atom. The van der Waals surface area contributed by atoms with Crippen molar-refractivity contribution in [2.24, 2.45) is 0 Å². The Morgan fingerprint density at radius 1 is 1.23 bits per heavy atom. The topological polar surface area (TPSA) is 37.3 Å². The van der Waals surface area contributed by atoms with Crippen molar-refractivity contribution in [1.29, 1.82) is 0 Å². The number of hydrogen-bond donors (Lipinski definition) is 1. The van der Waals surface area contributed by atoms with Gasteiger partial charge >= 0.3 is 5.97 Å². The third kappa shape index (κ3) is 8.60. The van der Waals surface area contributed by atoms with Crippen molar-refractivity contribution < 1.29 is 9.90 Å². The minimum absolute atomic E-state index is 0.214. The minimum atomic E-state index is -0.947. The maximum absolute atomic E-state index is 10.4. The third-order valence-corrected chi connectivity index (χ3v) is 1.06.